The number of carbonyl (C=O) groups is 1. The quantitative estimate of drug-likeness (QED) is 0.477. The first kappa shape index (κ1) is 21.2. The van der Waals surface area contributed by atoms with Crippen molar-refractivity contribution in [2.75, 3.05) is 25.5 Å². The van der Waals surface area contributed by atoms with E-state index < -0.39 is 5.60 Å². The largest absolute Gasteiger partial charge is 0.436 e. The number of pyridine rings is 2. The Morgan fingerprint density at radius 1 is 1.21 bits per heavy atom. The number of nitrogens with zero attached hydrogens (tertiary/aromatic N) is 4. The molecule has 1 amide bonds. The Balaban J connectivity index is 1.40. The lowest BCUT2D eigenvalue weighted by atomic mass is 9.86. The van der Waals surface area contributed by atoms with Crippen LogP contribution in [0.5, 0.6) is 0 Å². The summed E-state index contributed by atoms with van der Waals surface area (Å²) in [5.74, 6) is 1.07. The van der Waals surface area contributed by atoms with Gasteiger partial charge in [0.2, 0.25) is 11.8 Å². The number of aryl methyl sites for hydroxylation is 1. The second-order valence-electron chi connectivity index (χ2n) is 9.71. The van der Waals surface area contributed by atoms with Crippen molar-refractivity contribution in [3.63, 3.8) is 0 Å². The van der Waals surface area contributed by atoms with E-state index in [0.29, 0.717) is 29.4 Å². The summed E-state index contributed by atoms with van der Waals surface area (Å²) in [5.41, 5.74) is 2.88. The van der Waals surface area contributed by atoms with Crippen LogP contribution in [-0.4, -0.2) is 51.0 Å². The smallest absolute Gasteiger partial charge is 0.229 e. The Labute approximate surface area is 197 Å². The molecule has 0 bridgehead atoms. The number of oxazole rings is 1. The van der Waals surface area contributed by atoms with Crippen LogP contribution in [0.15, 0.2) is 41.1 Å². The SMILES string of the molecule is Cc1ncc(-c2nc3cc([C@@]4(O)CCCN(C)C4)ccc3o2)c2cc(NC(=O)C3CC3)ncc12. The van der Waals surface area contributed by atoms with E-state index in [1.54, 1.807) is 12.4 Å². The minimum Gasteiger partial charge on any atom is -0.436 e. The summed E-state index contributed by atoms with van der Waals surface area (Å²) in [6.07, 6.45) is 7.03. The average molecular weight is 458 g/mol. The van der Waals surface area contributed by atoms with Gasteiger partial charge in [-0.2, -0.15) is 0 Å². The third kappa shape index (κ3) is 3.73. The highest BCUT2D eigenvalue weighted by Gasteiger charge is 2.34. The fourth-order valence-electron chi connectivity index (χ4n) is 4.89. The first-order valence-electron chi connectivity index (χ1n) is 11.8. The minimum atomic E-state index is -0.890. The molecule has 1 atom stereocenters. The highest BCUT2D eigenvalue weighted by molar-refractivity contribution is 6.00. The Morgan fingerprint density at radius 3 is 2.85 bits per heavy atom. The van der Waals surface area contributed by atoms with Crippen LogP contribution in [-0.2, 0) is 10.4 Å². The van der Waals surface area contributed by atoms with E-state index in [2.05, 4.69) is 20.2 Å². The van der Waals surface area contributed by atoms with Gasteiger partial charge >= 0.3 is 0 Å². The lowest BCUT2D eigenvalue weighted by molar-refractivity contribution is -0.117. The van der Waals surface area contributed by atoms with Crippen LogP contribution in [0.2, 0.25) is 0 Å². The second kappa shape index (κ2) is 7.85. The van der Waals surface area contributed by atoms with E-state index in [9.17, 15) is 9.90 Å². The van der Waals surface area contributed by atoms with Crippen molar-refractivity contribution in [2.45, 2.75) is 38.2 Å². The van der Waals surface area contributed by atoms with E-state index in [-0.39, 0.29) is 11.8 Å². The van der Waals surface area contributed by atoms with Crippen LogP contribution >= 0.6 is 0 Å². The summed E-state index contributed by atoms with van der Waals surface area (Å²) in [5, 5.41) is 15.9. The lowest BCUT2D eigenvalue weighted by Gasteiger charge is -2.37. The number of amides is 1. The summed E-state index contributed by atoms with van der Waals surface area (Å²) < 4.78 is 6.12. The molecule has 2 fully saturated rings. The second-order valence-corrected chi connectivity index (χ2v) is 9.71. The van der Waals surface area contributed by atoms with E-state index in [0.717, 1.165) is 59.8 Å². The molecule has 174 valence electrons. The molecule has 1 saturated carbocycles. The molecule has 6 rings (SSSR count). The molecule has 8 heteroatoms. The highest BCUT2D eigenvalue weighted by atomic mass is 16.3. The van der Waals surface area contributed by atoms with Crippen molar-refractivity contribution in [1.29, 1.82) is 0 Å². The van der Waals surface area contributed by atoms with Crippen LogP contribution in [0.4, 0.5) is 5.82 Å². The third-order valence-corrected chi connectivity index (χ3v) is 6.99. The maximum atomic E-state index is 12.2. The van der Waals surface area contributed by atoms with Crippen molar-refractivity contribution >= 4 is 33.6 Å². The van der Waals surface area contributed by atoms with Gasteiger partial charge in [-0.05, 0) is 70.0 Å². The summed E-state index contributed by atoms with van der Waals surface area (Å²) in [6.45, 7) is 3.51. The first-order valence-corrected chi connectivity index (χ1v) is 11.8. The number of carbonyl (C=O) groups excluding carboxylic acids is 1. The van der Waals surface area contributed by atoms with Gasteiger partial charge < -0.3 is 19.7 Å². The standard InChI is InChI=1S/C26H27N5O3/c1-15-19-12-28-23(30-24(32)16-4-5-16)11-18(19)20(13-27-15)25-29-21-10-17(6-7-22(21)34-25)26(33)8-3-9-31(2)14-26/h6-7,10-13,16,33H,3-5,8-9,14H2,1-2H3,(H,28,30,32)/t26-/m1/s1. The molecular weight excluding hydrogens is 430 g/mol. The van der Waals surface area contributed by atoms with Crippen molar-refractivity contribution in [1.82, 2.24) is 19.9 Å². The van der Waals surface area contributed by atoms with Gasteiger partial charge in [-0.15, -0.1) is 0 Å². The molecule has 0 spiro atoms. The fraction of sp³-hybridized carbons (Fsp3) is 0.385. The maximum Gasteiger partial charge on any atom is 0.229 e. The molecule has 1 aliphatic heterocycles. The maximum absolute atomic E-state index is 12.2. The number of benzene rings is 1. The van der Waals surface area contributed by atoms with Gasteiger partial charge in [0, 0.05) is 41.3 Å². The number of piperidine rings is 1. The molecule has 4 aromatic rings. The normalized spacial score (nSPS) is 21.3. The third-order valence-electron chi connectivity index (χ3n) is 6.99. The number of likely N-dealkylation sites (tertiary alicyclic amines) is 1. The summed E-state index contributed by atoms with van der Waals surface area (Å²) >= 11 is 0. The highest BCUT2D eigenvalue weighted by Crippen LogP contribution is 2.36. The van der Waals surface area contributed by atoms with Gasteiger partial charge in [-0.1, -0.05) is 6.07 Å². The topological polar surface area (TPSA) is 104 Å². The Kier molecular flexibility index (Phi) is 4.89. The Morgan fingerprint density at radius 2 is 2.06 bits per heavy atom. The average Bonchev–Trinajstić information content (AvgIpc) is 3.58. The number of likely N-dealkylation sites (N-methyl/N-ethyl adjacent to an activating group) is 1. The molecule has 1 saturated heterocycles. The summed E-state index contributed by atoms with van der Waals surface area (Å²) in [6, 6.07) is 7.59. The lowest BCUT2D eigenvalue weighted by Crippen LogP contribution is -2.44. The number of aliphatic hydroxyl groups is 1. The molecule has 1 aromatic carbocycles. The number of aromatic nitrogens is 3. The van der Waals surface area contributed by atoms with Crippen molar-refractivity contribution in [2.24, 2.45) is 5.92 Å². The predicted octanol–water partition coefficient (Wildman–Crippen LogP) is 4.01. The minimum absolute atomic E-state index is 0.0138. The first-order chi connectivity index (χ1) is 16.4. The van der Waals surface area contributed by atoms with Crippen LogP contribution in [0, 0.1) is 12.8 Å². The van der Waals surface area contributed by atoms with Gasteiger partial charge in [0.15, 0.2) is 5.58 Å². The Bertz CT molecular complexity index is 1430. The number of anilines is 1. The molecule has 2 N–H and O–H groups in total. The number of fused-ring (bicyclic) bond motifs is 2. The van der Waals surface area contributed by atoms with Gasteiger partial charge in [0.1, 0.15) is 16.9 Å². The zero-order chi connectivity index (χ0) is 23.4. The van der Waals surface area contributed by atoms with Crippen LogP contribution in [0.1, 0.15) is 36.9 Å². The van der Waals surface area contributed by atoms with Crippen molar-refractivity contribution in [3.8, 4) is 11.5 Å². The molecule has 0 radical (unpaired) electrons. The number of hydrogen-bond donors (Lipinski definition) is 2. The van der Waals surface area contributed by atoms with Gasteiger partial charge in [-0.25, -0.2) is 9.97 Å². The van der Waals surface area contributed by atoms with E-state index in [1.807, 2.05) is 38.2 Å². The fourth-order valence-corrected chi connectivity index (χ4v) is 4.89. The predicted molar refractivity (Wildman–Crippen MR) is 129 cm³/mol. The van der Waals surface area contributed by atoms with Crippen molar-refractivity contribution < 1.29 is 14.3 Å². The number of hydrogen-bond acceptors (Lipinski definition) is 7. The van der Waals surface area contributed by atoms with Crippen LogP contribution < -0.4 is 5.32 Å². The number of nitrogens with one attached hydrogen (secondary N) is 1. The molecule has 4 heterocycles. The van der Waals surface area contributed by atoms with E-state index >= 15 is 0 Å². The van der Waals surface area contributed by atoms with E-state index in [4.69, 9.17) is 9.40 Å². The zero-order valence-corrected chi connectivity index (χ0v) is 19.3. The van der Waals surface area contributed by atoms with Gasteiger partial charge in [0.05, 0.1) is 5.56 Å². The molecule has 3 aromatic heterocycles. The number of rotatable bonds is 4. The molecule has 0 unspecified atom stereocenters. The van der Waals surface area contributed by atoms with Crippen LogP contribution in [0.3, 0.4) is 0 Å². The number of β-amino-alcohol motifs (C(OH)–C–C–N with tert-alkyl or cyclic N) is 1. The molecule has 1 aliphatic carbocycles. The van der Waals surface area contributed by atoms with Crippen LogP contribution in [0.25, 0.3) is 33.3 Å². The summed E-state index contributed by atoms with van der Waals surface area (Å²) in [4.78, 5) is 28.1. The summed E-state index contributed by atoms with van der Waals surface area (Å²) in [7, 11) is 2.03. The Hall–Kier alpha value is -3.36. The zero-order valence-electron chi connectivity index (χ0n) is 19.3. The molecular formula is C26H27N5O3. The molecule has 8 nitrogen and oxygen atoms in total. The molecule has 34 heavy (non-hydrogen) atoms. The van der Waals surface area contributed by atoms with Gasteiger partial charge in [-0.3, -0.25) is 9.78 Å². The van der Waals surface area contributed by atoms with Gasteiger partial charge in [0.25, 0.3) is 0 Å². The monoisotopic (exact) mass is 457 g/mol. The molecule has 2 aliphatic rings. The van der Waals surface area contributed by atoms with Crippen molar-refractivity contribution in [3.05, 3.63) is 47.9 Å². The van der Waals surface area contributed by atoms with E-state index in [1.165, 1.54) is 0 Å².